The van der Waals surface area contributed by atoms with Crippen LogP contribution in [0, 0.1) is 0 Å². The minimum atomic E-state index is 0.0155. The Morgan fingerprint density at radius 1 is 1.50 bits per heavy atom. The number of nitrogens with zero attached hydrogens (tertiary/aromatic N) is 1. The van der Waals surface area contributed by atoms with Crippen LogP contribution in [0.4, 0.5) is 0 Å². The first-order valence-corrected chi connectivity index (χ1v) is 5.05. The Hall–Kier alpha value is -0.930. The van der Waals surface area contributed by atoms with Gasteiger partial charge in [-0.05, 0) is 43.4 Å². The molecule has 0 atom stereocenters. The Bertz CT molecular complexity index is 321. The minimum absolute atomic E-state index is 0.0155. The molecular formula is C11H16N2O. The number of aliphatic hydroxyl groups is 1. The highest BCUT2D eigenvalue weighted by atomic mass is 16.3. The maximum absolute atomic E-state index is 8.92. The van der Waals surface area contributed by atoms with Gasteiger partial charge in [-0.1, -0.05) is 0 Å². The van der Waals surface area contributed by atoms with Gasteiger partial charge < -0.3 is 10.8 Å². The third-order valence-electron chi connectivity index (χ3n) is 2.85. The van der Waals surface area contributed by atoms with Gasteiger partial charge in [0.05, 0.1) is 12.3 Å². The number of rotatable bonds is 4. The molecule has 1 fully saturated rings. The van der Waals surface area contributed by atoms with E-state index in [1.165, 1.54) is 5.56 Å². The molecular weight excluding hydrogens is 176 g/mol. The van der Waals surface area contributed by atoms with Crippen LogP contribution >= 0.6 is 0 Å². The molecule has 76 valence electrons. The topological polar surface area (TPSA) is 59.1 Å². The lowest BCUT2D eigenvalue weighted by Gasteiger charge is -2.08. The third kappa shape index (κ3) is 2.30. The van der Waals surface area contributed by atoms with E-state index in [0.717, 1.165) is 31.4 Å². The Labute approximate surface area is 84.0 Å². The summed E-state index contributed by atoms with van der Waals surface area (Å²) >= 11 is 0. The van der Waals surface area contributed by atoms with E-state index in [9.17, 15) is 0 Å². The van der Waals surface area contributed by atoms with Crippen LogP contribution in [0.3, 0.4) is 0 Å². The monoisotopic (exact) mass is 192 g/mol. The quantitative estimate of drug-likeness (QED) is 0.748. The average molecular weight is 192 g/mol. The number of aryl methyl sites for hydroxylation is 1. The molecule has 2 rings (SSSR count). The summed E-state index contributed by atoms with van der Waals surface area (Å²) in [5, 5.41) is 8.92. The molecule has 0 saturated heterocycles. The molecule has 0 amide bonds. The highest BCUT2D eigenvalue weighted by molar-refractivity contribution is 5.17. The van der Waals surface area contributed by atoms with Gasteiger partial charge in [-0.15, -0.1) is 0 Å². The van der Waals surface area contributed by atoms with Gasteiger partial charge in [0.1, 0.15) is 0 Å². The second-order valence-electron chi connectivity index (χ2n) is 4.18. The van der Waals surface area contributed by atoms with E-state index >= 15 is 0 Å². The molecule has 0 radical (unpaired) electrons. The van der Waals surface area contributed by atoms with Crippen molar-refractivity contribution in [1.29, 1.82) is 0 Å². The molecule has 1 aliphatic carbocycles. The fourth-order valence-electron chi connectivity index (χ4n) is 1.57. The van der Waals surface area contributed by atoms with Crippen molar-refractivity contribution in [2.24, 2.45) is 5.73 Å². The van der Waals surface area contributed by atoms with Gasteiger partial charge in [0.25, 0.3) is 0 Å². The van der Waals surface area contributed by atoms with Crippen molar-refractivity contribution in [2.45, 2.75) is 37.8 Å². The molecule has 0 aliphatic heterocycles. The first-order chi connectivity index (χ1) is 6.72. The van der Waals surface area contributed by atoms with Gasteiger partial charge in [0.15, 0.2) is 0 Å². The smallest absolute Gasteiger partial charge is 0.0853 e. The summed E-state index contributed by atoms with van der Waals surface area (Å²) in [5.74, 6) is 0. The van der Waals surface area contributed by atoms with Crippen LogP contribution in [0.15, 0.2) is 18.3 Å². The van der Waals surface area contributed by atoms with Crippen LogP contribution < -0.4 is 5.73 Å². The van der Waals surface area contributed by atoms with Gasteiger partial charge in [-0.2, -0.15) is 0 Å². The Kier molecular flexibility index (Phi) is 2.52. The summed E-state index contributed by atoms with van der Waals surface area (Å²) in [6, 6.07) is 3.94. The lowest BCUT2D eigenvalue weighted by Crippen LogP contribution is -2.22. The van der Waals surface area contributed by atoms with Crippen LogP contribution in [0.2, 0.25) is 0 Å². The Balaban J connectivity index is 1.94. The van der Waals surface area contributed by atoms with E-state index in [0.29, 0.717) is 0 Å². The number of pyridine rings is 1. The zero-order valence-corrected chi connectivity index (χ0v) is 8.24. The summed E-state index contributed by atoms with van der Waals surface area (Å²) in [6.07, 6.45) is 6.10. The molecule has 3 N–H and O–H groups in total. The maximum Gasteiger partial charge on any atom is 0.0853 e. The van der Waals surface area contributed by atoms with Gasteiger partial charge in [0, 0.05) is 11.7 Å². The fourth-order valence-corrected chi connectivity index (χ4v) is 1.57. The number of nitrogens with two attached hydrogens (primary N) is 1. The van der Waals surface area contributed by atoms with Gasteiger partial charge in [-0.25, -0.2) is 0 Å². The third-order valence-corrected chi connectivity index (χ3v) is 2.85. The van der Waals surface area contributed by atoms with Crippen molar-refractivity contribution in [3.05, 3.63) is 29.6 Å². The van der Waals surface area contributed by atoms with Crippen LogP contribution in [-0.2, 0) is 13.0 Å². The molecule has 14 heavy (non-hydrogen) atoms. The first-order valence-electron chi connectivity index (χ1n) is 5.05. The number of hydrogen-bond acceptors (Lipinski definition) is 3. The van der Waals surface area contributed by atoms with Crippen LogP contribution in [-0.4, -0.2) is 15.6 Å². The molecule has 1 heterocycles. The second-order valence-corrected chi connectivity index (χ2v) is 4.18. The highest BCUT2D eigenvalue weighted by Gasteiger charge is 2.37. The minimum Gasteiger partial charge on any atom is -0.390 e. The average Bonchev–Trinajstić information content (AvgIpc) is 2.95. The molecule has 3 heteroatoms. The maximum atomic E-state index is 8.92. The zero-order chi connectivity index (χ0) is 10.0. The number of hydrogen-bond donors (Lipinski definition) is 2. The molecule has 1 aromatic rings. The fraction of sp³-hybridized carbons (Fsp3) is 0.545. The Morgan fingerprint density at radius 2 is 2.29 bits per heavy atom. The second kappa shape index (κ2) is 3.67. The van der Waals surface area contributed by atoms with Gasteiger partial charge in [0.2, 0.25) is 0 Å². The van der Waals surface area contributed by atoms with E-state index in [-0.39, 0.29) is 12.1 Å². The molecule has 1 aliphatic rings. The number of aliphatic hydroxyl groups excluding tert-OH is 1. The summed E-state index contributed by atoms with van der Waals surface area (Å²) in [7, 11) is 0. The molecule has 0 aromatic carbocycles. The summed E-state index contributed by atoms with van der Waals surface area (Å²) in [6.45, 7) is 0.0155. The highest BCUT2D eigenvalue weighted by Crippen LogP contribution is 2.36. The van der Waals surface area contributed by atoms with E-state index in [1.807, 2.05) is 12.1 Å². The van der Waals surface area contributed by atoms with Gasteiger partial charge >= 0.3 is 0 Å². The predicted molar refractivity (Wildman–Crippen MR) is 54.6 cm³/mol. The van der Waals surface area contributed by atoms with Crippen molar-refractivity contribution < 1.29 is 5.11 Å². The SMILES string of the molecule is NC1(CCc2ccnc(CO)c2)CC1. The van der Waals surface area contributed by atoms with E-state index in [2.05, 4.69) is 4.98 Å². The van der Waals surface area contributed by atoms with Crippen molar-refractivity contribution >= 4 is 0 Å². The van der Waals surface area contributed by atoms with Crippen molar-refractivity contribution in [2.75, 3.05) is 0 Å². The van der Waals surface area contributed by atoms with E-state index in [1.54, 1.807) is 6.20 Å². The molecule has 0 unspecified atom stereocenters. The summed E-state index contributed by atoms with van der Waals surface area (Å²) in [5.41, 5.74) is 8.08. The molecule has 1 aromatic heterocycles. The van der Waals surface area contributed by atoms with Crippen molar-refractivity contribution in [3.63, 3.8) is 0 Å². The number of aromatic nitrogens is 1. The lowest BCUT2D eigenvalue weighted by molar-refractivity contribution is 0.276. The first kappa shape index (κ1) is 9.62. The van der Waals surface area contributed by atoms with Crippen LogP contribution in [0.1, 0.15) is 30.5 Å². The zero-order valence-electron chi connectivity index (χ0n) is 8.24. The standard InChI is InChI=1S/C11H16N2O/c12-11(4-5-11)3-1-9-2-6-13-10(7-9)8-14/h2,6-7,14H,1,3-5,8,12H2. The molecule has 0 spiro atoms. The Morgan fingerprint density at radius 3 is 2.93 bits per heavy atom. The largest absolute Gasteiger partial charge is 0.390 e. The molecule has 1 saturated carbocycles. The van der Waals surface area contributed by atoms with Crippen molar-refractivity contribution in [3.8, 4) is 0 Å². The van der Waals surface area contributed by atoms with E-state index < -0.39 is 0 Å². The summed E-state index contributed by atoms with van der Waals surface area (Å²) < 4.78 is 0. The lowest BCUT2D eigenvalue weighted by atomic mass is 10.0. The van der Waals surface area contributed by atoms with Crippen LogP contribution in [0.5, 0.6) is 0 Å². The van der Waals surface area contributed by atoms with Crippen molar-refractivity contribution in [1.82, 2.24) is 4.98 Å². The molecule has 3 nitrogen and oxygen atoms in total. The van der Waals surface area contributed by atoms with E-state index in [4.69, 9.17) is 10.8 Å². The van der Waals surface area contributed by atoms with Gasteiger partial charge in [-0.3, -0.25) is 4.98 Å². The van der Waals surface area contributed by atoms with Crippen LogP contribution in [0.25, 0.3) is 0 Å². The molecule has 0 bridgehead atoms. The summed E-state index contributed by atoms with van der Waals surface area (Å²) in [4.78, 5) is 4.04. The predicted octanol–water partition coefficient (Wildman–Crippen LogP) is 0.998. The normalized spacial score (nSPS) is 18.1.